The van der Waals surface area contributed by atoms with Gasteiger partial charge in [-0.3, -0.25) is 14.9 Å². The molecule has 7 nitrogen and oxygen atoms in total. The van der Waals surface area contributed by atoms with Crippen LogP contribution in [0.25, 0.3) is 6.08 Å². The number of ether oxygens (including phenoxy) is 2. The van der Waals surface area contributed by atoms with Gasteiger partial charge in [-0.1, -0.05) is 45.2 Å². The Bertz CT molecular complexity index is 1360. The molecule has 4 amide bonds. The Morgan fingerprint density at radius 3 is 2.43 bits per heavy atom. The Morgan fingerprint density at radius 1 is 1.00 bits per heavy atom. The molecular formula is C25H17BrCl2N2O5. The van der Waals surface area contributed by atoms with Crippen molar-refractivity contribution in [3.63, 3.8) is 0 Å². The first-order valence-corrected chi connectivity index (χ1v) is 11.7. The predicted molar refractivity (Wildman–Crippen MR) is 137 cm³/mol. The summed E-state index contributed by atoms with van der Waals surface area (Å²) in [6.45, 7) is 0.203. The number of halogens is 3. The number of carbonyl (C=O) groups is 3. The molecule has 0 saturated carbocycles. The number of imide groups is 2. The van der Waals surface area contributed by atoms with Crippen molar-refractivity contribution < 1.29 is 23.9 Å². The van der Waals surface area contributed by atoms with Crippen LogP contribution in [0.5, 0.6) is 11.5 Å². The SMILES string of the molecule is COc1ccc(Br)cc1/C=C1\C(=O)NC(=O)N(c2ccc(OCc3ccc(Cl)cc3Cl)cc2)C1=O. The van der Waals surface area contributed by atoms with E-state index in [4.69, 9.17) is 32.7 Å². The molecule has 0 radical (unpaired) electrons. The third kappa shape index (κ3) is 5.51. The van der Waals surface area contributed by atoms with Crippen molar-refractivity contribution in [2.24, 2.45) is 0 Å². The highest BCUT2D eigenvalue weighted by Crippen LogP contribution is 2.29. The van der Waals surface area contributed by atoms with Gasteiger partial charge in [0, 0.05) is 25.6 Å². The molecular weight excluding hydrogens is 559 g/mol. The van der Waals surface area contributed by atoms with E-state index in [9.17, 15) is 14.4 Å². The molecule has 178 valence electrons. The van der Waals surface area contributed by atoms with E-state index in [-0.39, 0.29) is 17.9 Å². The van der Waals surface area contributed by atoms with Gasteiger partial charge in [0.2, 0.25) is 0 Å². The number of urea groups is 1. The molecule has 0 atom stereocenters. The molecule has 0 bridgehead atoms. The quantitative estimate of drug-likeness (QED) is 0.287. The largest absolute Gasteiger partial charge is 0.496 e. The van der Waals surface area contributed by atoms with Gasteiger partial charge >= 0.3 is 6.03 Å². The summed E-state index contributed by atoms with van der Waals surface area (Å²) in [7, 11) is 1.48. The molecule has 1 fully saturated rings. The second kappa shape index (κ2) is 10.5. The number of amides is 4. The van der Waals surface area contributed by atoms with E-state index in [2.05, 4.69) is 21.2 Å². The molecule has 10 heteroatoms. The molecule has 0 aromatic heterocycles. The Morgan fingerprint density at radius 2 is 1.74 bits per heavy atom. The summed E-state index contributed by atoms with van der Waals surface area (Å²) in [5.41, 5.74) is 1.31. The van der Waals surface area contributed by atoms with Gasteiger partial charge < -0.3 is 9.47 Å². The number of hydrogen-bond donors (Lipinski definition) is 1. The fraction of sp³-hybridized carbons (Fsp3) is 0.0800. The summed E-state index contributed by atoms with van der Waals surface area (Å²) >= 11 is 15.4. The molecule has 1 N–H and O–H groups in total. The van der Waals surface area contributed by atoms with Crippen LogP contribution in [0.3, 0.4) is 0 Å². The van der Waals surface area contributed by atoms with Gasteiger partial charge in [0.25, 0.3) is 11.8 Å². The van der Waals surface area contributed by atoms with E-state index in [1.54, 1.807) is 60.7 Å². The number of nitrogens with zero attached hydrogens (tertiary/aromatic N) is 1. The maximum Gasteiger partial charge on any atom is 0.335 e. The Kier molecular flexibility index (Phi) is 7.45. The second-order valence-corrected chi connectivity index (χ2v) is 9.12. The first-order chi connectivity index (χ1) is 16.8. The van der Waals surface area contributed by atoms with E-state index in [1.807, 2.05) is 0 Å². The van der Waals surface area contributed by atoms with Crippen molar-refractivity contribution in [1.29, 1.82) is 0 Å². The number of benzene rings is 3. The lowest BCUT2D eigenvalue weighted by Crippen LogP contribution is -2.54. The lowest BCUT2D eigenvalue weighted by atomic mass is 10.1. The monoisotopic (exact) mass is 574 g/mol. The molecule has 0 spiro atoms. The van der Waals surface area contributed by atoms with Gasteiger partial charge in [-0.15, -0.1) is 0 Å². The molecule has 4 rings (SSSR count). The summed E-state index contributed by atoms with van der Waals surface area (Å²) < 4.78 is 11.8. The lowest BCUT2D eigenvalue weighted by molar-refractivity contribution is -0.122. The van der Waals surface area contributed by atoms with Gasteiger partial charge in [0.15, 0.2) is 0 Å². The Hall–Kier alpha value is -3.33. The van der Waals surface area contributed by atoms with Crippen LogP contribution in [0.1, 0.15) is 11.1 Å². The van der Waals surface area contributed by atoms with Gasteiger partial charge in [-0.05, 0) is 60.7 Å². The zero-order chi connectivity index (χ0) is 25.1. The molecule has 1 aliphatic rings. The normalized spacial score (nSPS) is 14.8. The third-order valence-electron chi connectivity index (χ3n) is 5.10. The topological polar surface area (TPSA) is 84.9 Å². The van der Waals surface area contributed by atoms with Crippen molar-refractivity contribution in [3.8, 4) is 11.5 Å². The van der Waals surface area contributed by atoms with Crippen molar-refractivity contribution in [2.75, 3.05) is 12.0 Å². The average Bonchev–Trinajstić information content (AvgIpc) is 2.82. The first kappa shape index (κ1) is 24.8. The molecule has 35 heavy (non-hydrogen) atoms. The van der Waals surface area contributed by atoms with Gasteiger partial charge in [0.05, 0.1) is 12.8 Å². The minimum Gasteiger partial charge on any atom is -0.496 e. The van der Waals surface area contributed by atoms with E-state index in [0.29, 0.717) is 27.1 Å². The second-order valence-electron chi connectivity index (χ2n) is 7.36. The molecule has 1 saturated heterocycles. The highest BCUT2D eigenvalue weighted by molar-refractivity contribution is 9.10. The van der Waals surface area contributed by atoms with Gasteiger partial charge in [0.1, 0.15) is 23.7 Å². The smallest absolute Gasteiger partial charge is 0.335 e. The Balaban J connectivity index is 1.56. The number of nitrogens with one attached hydrogen (secondary N) is 1. The van der Waals surface area contributed by atoms with E-state index in [1.165, 1.54) is 13.2 Å². The summed E-state index contributed by atoms with van der Waals surface area (Å²) in [4.78, 5) is 39.0. The van der Waals surface area contributed by atoms with Crippen LogP contribution in [0.4, 0.5) is 10.5 Å². The molecule has 0 unspecified atom stereocenters. The average molecular weight is 576 g/mol. The number of anilines is 1. The summed E-state index contributed by atoms with van der Waals surface area (Å²) in [5.74, 6) is -0.595. The number of hydrogen-bond acceptors (Lipinski definition) is 5. The van der Waals surface area contributed by atoms with Crippen LogP contribution >= 0.6 is 39.1 Å². The van der Waals surface area contributed by atoms with Crippen LogP contribution in [0, 0.1) is 0 Å². The van der Waals surface area contributed by atoms with Gasteiger partial charge in [-0.2, -0.15) is 0 Å². The van der Waals surface area contributed by atoms with E-state index < -0.39 is 17.8 Å². The van der Waals surface area contributed by atoms with Crippen molar-refractivity contribution in [3.05, 3.63) is 91.9 Å². The third-order valence-corrected chi connectivity index (χ3v) is 6.18. The zero-order valence-electron chi connectivity index (χ0n) is 18.2. The molecule has 0 aliphatic carbocycles. The number of carbonyl (C=O) groups excluding carboxylic acids is 3. The summed E-state index contributed by atoms with van der Waals surface area (Å²) in [6, 6.07) is 15.7. The zero-order valence-corrected chi connectivity index (χ0v) is 21.3. The Labute approximate surface area is 219 Å². The predicted octanol–water partition coefficient (Wildman–Crippen LogP) is 6.01. The first-order valence-electron chi connectivity index (χ1n) is 10.2. The highest BCUT2D eigenvalue weighted by atomic mass is 79.9. The minimum atomic E-state index is -0.847. The van der Waals surface area contributed by atoms with E-state index in [0.717, 1.165) is 14.9 Å². The molecule has 3 aromatic rings. The fourth-order valence-corrected chi connectivity index (χ4v) is 4.20. The maximum absolute atomic E-state index is 13.2. The highest BCUT2D eigenvalue weighted by Gasteiger charge is 2.37. The van der Waals surface area contributed by atoms with Gasteiger partial charge in [-0.25, -0.2) is 9.69 Å². The summed E-state index contributed by atoms with van der Waals surface area (Å²) in [5, 5.41) is 3.21. The fourth-order valence-electron chi connectivity index (χ4n) is 3.36. The standard InChI is InChI=1S/C25H17BrCl2N2O5/c1-34-22-9-3-16(26)10-15(22)11-20-23(31)29-25(33)30(24(20)32)18-5-7-19(8-6-18)35-13-14-2-4-17(27)12-21(14)28/h2-12H,13H2,1H3,(H,29,31,33)/b20-11+. The van der Waals surface area contributed by atoms with Crippen LogP contribution in [0.15, 0.2) is 70.7 Å². The minimum absolute atomic E-state index is 0.203. The van der Waals surface area contributed by atoms with Crippen molar-refractivity contribution >= 4 is 68.7 Å². The van der Waals surface area contributed by atoms with Crippen molar-refractivity contribution in [1.82, 2.24) is 5.32 Å². The van der Waals surface area contributed by atoms with E-state index >= 15 is 0 Å². The number of rotatable bonds is 6. The molecule has 1 heterocycles. The van der Waals surface area contributed by atoms with Crippen LogP contribution in [-0.2, 0) is 16.2 Å². The van der Waals surface area contributed by atoms with Crippen LogP contribution < -0.4 is 19.7 Å². The van der Waals surface area contributed by atoms with Crippen LogP contribution in [-0.4, -0.2) is 25.0 Å². The summed E-state index contributed by atoms with van der Waals surface area (Å²) in [6.07, 6.45) is 1.38. The maximum atomic E-state index is 13.2. The number of methoxy groups -OCH3 is 1. The number of barbiturate groups is 1. The lowest BCUT2D eigenvalue weighted by Gasteiger charge is -2.26. The van der Waals surface area contributed by atoms with Crippen LogP contribution in [0.2, 0.25) is 10.0 Å². The van der Waals surface area contributed by atoms with Crippen molar-refractivity contribution in [2.45, 2.75) is 6.61 Å². The molecule has 3 aromatic carbocycles. The molecule has 1 aliphatic heterocycles.